The Bertz CT molecular complexity index is 870. The first kappa shape index (κ1) is 16.1. The lowest BCUT2D eigenvalue weighted by Crippen LogP contribution is -1.91. The second-order valence-corrected chi connectivity index (χ2v) is 5.85. The number of hydrogen-bond acceptors (Lipinski definition) is 1. The SMILES string of the molecule is C/C=C\C/C(=C\C)c1ccc(Nc2ccc3ccccc3c2)cc1. The molecule has 1 nitrogen and oxygen atoms in total. The van der Waals surface area contributed by atoms with Crippen LogP contribution in [0.4, 0.5) is 11.4 Å². The lowest BCUT2D eigenvalue weighted by molar-refractivity contribution is 1.36. The number of nitrogens with one attached hydrogen (secondary N) is 1. The number of benzene rings is 3. The fraction of sp³-hybridized carbons (Fsp3) is 0.130. The van der Waals surface area contributed by atoms with Gasteiger partial charge in [0.2, 0.25) is 0 Å². The fourth-order valence-electron chi connectivity index (χ4n) is 2.85. The summed E-state index contributed by atoms with van der Waals surface area (Å²) in [4.78, 5) is 0. The van der Waals surface area contributed by atoms with Crippen LogP contribution < -0.4 is 5.32 Å². The van der Waals surface area contributed by atoms with Gasteiger partial charge in [0.05, 0.1) is 0 Å². The standard InChI is InChI=1S/C23H23N/c1-3-5-8-18(4-2)20-11-14-22(15-12-20)24-23-16-13-19-9-6-7-10-21(19)17-23/h3-7,9-17,24H,8H2,1-2H3/b5-3-,18-4+. The minimum absolute atomic E-state index is 0.977. The van der Waals surface area contributed by atoms with Crippen LogP contribution in [-0.2, 0) is 0 Å². The molecule has 0 unspecified atom stereocenters. The van der Waals surface area contributed by atoms with Gasteiger partial charge in [0, 0.05) is 11.4 Å². The van der Waals surface area contributed by atoms with E-state index in [-0.39, 0.29) is 0 Å². The van der Waals surface area contributed by atoms with E-state index in [0.717, 1.165) is 17.8 Å². The highest BCUT2D eigenvalue weighted by Crippen LogP contribution is 2.25. The van der Waals surface area contributed by atoms with Crippen LogP contribution >= 0.6 is 0 Å². The van der Waals surface area contributed by atoms with Gasteiger partial charge in [0.1, 0.15) is 0 Å². The Morgan fingerprint density at radius 2 is 1.54 bits per heavy atom. The maximum absolute atomic E-state index is 3.49. The average Bonchev–Trinajstić information content (AvgIpc) is 2.63. The van der Waals surface area contributed by atoms with Gasteiger partial charge in [0.15, 0.2) is 0 Å². The third-order valence-electron chi connectivity index (χ3n) is 4.22. The summed E-state index contributed by atoms with van der Waals surface area (Å²) in [5, 5.41) is 6.01. The van der Waals surface area contributed by atoms with Crippen molar-refractivity contribution < 1.29 is 0 Å². The summed E-state index contributed by atoms with van der Waals surface area (Å²) in [5.41, 5.74) is 4.85. The molecule has 0 aliphatic rings. The van der Waals surface area contributed by atoms with Crippen LogP contribution in [0.2, 0.25) is 0 Å². The monoisotopic (exact) mass is 313 g/mol. The van der Waals surface area contributed by atoms with Crippen molar-refractivity contribution >= 4 is 27.7 Å². The summed E-state index contributed by atoms with van der Waals surface area (Å²) in [5.74, 6) is 0. The van der Waals surface area contributed by atoms with Gasteiger partial charge in [-0.05, 0) is 66.4 Å². The van der Waals surface area contributed by atoms with E-state index in [2.05, 4.69) is 104 Å². The van der Waals surface area contributed by atoms with E-state index in [1.165, 1.54) is 21.9 Å². The van der Waals surface area contributed by atoms with Gasteiger partial charge in [-0.25, -0.2) is 0 Å². The van der Waals surface area contributed by atoms with Crippen molar-refractivity contribution in [1.29, 1.82) is 0 Å². The van der Waals surface area contributed by atoms with E-state index in [0.29, 0.717) is 0 Å². The molecule has 0 radical (unpaired) electrons. The fourth-order valence-corrected chi connectivity index (χ4v) is 2.85. The summed E-state index contributed by atoms with van der Waals surface area (Å²) in [6, 6.07) is 23.5. The molecule has 0 bridgehead atoms. The molecule has 3 aromatic carbocycles. The Morgan fingerprint density at radius 1 is 0.833 bits per heavy atom. The second kappa shape index (κ2) is 7.65. The molecule has 120 valence electrons. The van der Waals surface area contributed by atoms with Crippen molar-refractivity contribution in [3.8, 4) is 0 Å². The van der Waals surface area contributed by atoms with Crippen LogP contribution in [0.1, 0.15) is 25.8 Å². The molecule has 0 amide bonds. The van der Waals surface area contributed by atoms with Gasteiger partial charge in [-0.3, -0.25) is 0 Å². The van der Waals surface area contributed by atoms with Crippen LogP contribution in [-0.4, -0.2) is 0 Å². The summed E-state index contributed by atoms with van der Waals surface area (Å²) >= 11 is 0. The molecule has 0 aromatic heterocycles. The maximum atomic E-state index is 3.49. The van der Waals surface area contributed by atoms with Crippen LogP contribution in [0.5, 0.6) is 0 Å². The van der Waals surface area contributed by atoms with Gasteiger partial charge in [0.25, 0.3) is 0 Å². The first-order valence-electron chi connectivity index (χ1n) is 8.43. The molecule has 1 N–H and O–H groups in total. The van der Waals surface area contributed by atoms with Crippen LogP contribution in [0.25, 0.3) is 16.3 Å². The number of fused-ring (bicyclic) bond motifs is 1. The Balaban J connectivity index is 1.77. The Labute approximate surface area is 144 Å². The molecule has 0 aliphatic carbocycles. The lowest BCUT2D eigenvalue weighted by atomic mass is 10.0. The highest BCUT2D eigenvalue weighted by atomic mass is 14.9. The Kier molecular flexibility index (Phi) is 5.12. The number of allylic oxidation sites excluding steroid dienone is 4. The summed E-state index contributed by atoms with van der Waals surface area (Å²) < 4.78 is 0. The molecule has 0 spiro atoms. The maximum Gasteiger partial charge on any atom is 0.0390 e. The van der Waals surface area contributed by atoms with Crippen molar-refractivity contribution in [2.75, 3.05) is 5.32 Å². The van der Waals surface area contributed by atoms with Crippen molar-refractivity contribution in [3.63, 3.8) is 0 Å². The topological polar surface area (TPSA) is 12.0 Å². The molecular formula is C23H23N. The van der Waals surface area contributed by atoms with Gasteiger partial charge in [-0.15, -0.1) is 0 Å². The normalized spacial score (nSPS) is 12.0. The van der Waals surface area contributed by atoms with E-state index in [1.807, 2.05) is 0 Å². The van der Waals surface area contributed by atoms with Crippen LogP contribution in [0.3, 0.4) is 0 Å². The molecule has 0 atom stereocenters. The number of hydrogen-bond donors (Lipinski definition) is 1. The number of anilines is 2. The highest BCUT2D eigenvalue weighted by Gasteiger charge is 2.01. The van der Waals surface area contributed by atoms with Gasteiger partial charge in [-0.2, -0.15) is 0 Å². The minimum Gasteiger partial charge on any atom is -0.356 e. The van der Waals surface area contributed by atoms with E-state index in [9.17, 15) is 0 Å². The number of rotatable bonds is 5. The van der Waals surface area contributed by atoms with E-state index < -0.39 is 0 Å². The van der Waals surface area contributed by atoms with Gasteiger partial charge < -0.3 is 5.32 Å². The Hall–Kier alpha value is -2.80. The molecule has 0 saturated heterocycles. The molecule has 3 rings (SSSR count). The largest absolute Gasteiger partial charge is 0.356 e. The lowest BCUT2D eigenvalue weighted by Gasteiger charge is -2.10. The van der Waals surface area contributed by atoms with Crippen molar-refractivity contribution in [2.45, 2.75) is 20.3 Å². The third kappa shape index (κ3) is 3.75. The molecule has 0 fully saturated rings. The van der Waals surface area contributed by atoms with E-state index in [4.69, 9.17) is 0 Å². The van der Waals surface area contributed by atoms with Gasteiger partial charge >= 0.3 is 0 Å². The minimum atomic E-state index is 0.977. The molecule has 3 aromatic rings. The predicted octanol–water partition coefficient (Wildman–Crippen LogP) is 6.95. The molecule has 0 heterocycles. The van der Waals surface area contributed by atoms with Crippen molar-refractivity contribution in [2.24, 2.45) is 0 Å². The molecule has 0 aliphatic heterocycles. The Morgan fingerprint density at radius 3 is 2.25 bits per heavy atom. The summed E-state index contributed by atoms with van der Waals surface area (Å²) in [6.07, 6.45) is 7.45. The molecule has 24 heavy (non-hydrogen) atoms. The first-order chi connectivity index (χ1) is 11.8. The van der Waals surface area contributed by atoms with Crippen molar-refractivity contribution in [3.05, 3.63) is 90.5 Å². The quantitative estimate of drug-likeness (QED) is 0.502. The zero-order valence-electron chi connectivity index (χ0n) is 14.3. The third-order valence-corrected chi connectivity index (χ3v) is 4.22. The van der Waals surface area contributed by atoms with Crippen LogP contribution in [0, 0.1) is 0 Å². The molecule has 0 saturated carbocycles. The van der Waals surface area contributed by atoms with Gasteiger partial charge in [-0.1, -0.05) is 60.7 Å². The highest BCUT2D eigenvalue weighted by molar-refractivity contribution is 5.86. The first-order valence-corrected chi connectivity index (χ1v) is 8.43. The summed E-state index contributed by atoms with van der Waals surface area (Å²) in [6.45, 7) is 4.16. The predicted molar refractivity (Wildman–Crippen MR) is 107 cm³/mol. The smallest absolute Gasteiger partial charge is 0.0390 e. The zero-order valence-corrected chi connectivity index (χ0v) is 14.3. The summed E-state index contributed by atoms with van der Waals surface area (Å²) in [7, 11) is 0. The zero-order chi connectivity index (χ0) is 16.8. The van der Waals surface area contributed by atoms with Crippen molar-refractivity contribution in [1.82, 2.24) is 0 Å². The molecular weight excluding hydrogens is 290 g/mol. The average molecular weight is 313 g/mol. The molecule has 1 heteroatoms. The van der Waals surface area contributed by atoms with Crippen LogP contribution in [0.15, 0.2) is 85.0 Å². The second-order valence-electron chi connectivity index (χ2n) is 5.85. The van der Waals surface area contributed by atoms with E-state index >= 15 is 0 Å². The van der Waals surface area contributed by atoms with E-state index in [1.54, 1.807) is 0 Å².